The lowest BCUT2D eigenvalue weighted by Crippen LogP contribution is -2.46. The van der Waals surface area contributed by atoms with E-state index in [0.717, 1.165) is 11.5 Å². The van der Waals surface area contributed by atoms with Crippen LogP contribution in [-0.2, 0) is 0 Å². The summed E-state index contributed by atoms with van der Waals surface area (Å²) >= 11 is 1.83. The Labute approximate surface area is 122 Å². The number of thioether (sulfide) groups is 1. The van der Waals surface area contributed by atoms with Crippen LogP contribution in [0.4, 0.5) is 10.5 Å². The maximum absolute atomic E-state index is 12.3. The molecular formula is C14H18N2O3S. The third kappa shape index (κ3) is 3.07. The van der Waals surface area contributed by atoms with Crippen molar-refractivity contribution in [2.75, 3.05) is 23.4 Å². The Balaban J connectivity index is 2.19. The molecular weight excluding hydrogens is 276 g/mol. The molecule has 2 amide bonds. The van der Waals surface area contributed by atoms with Crippen molar-refractivity contribution < 1.29 is 14.7 Å². The summed E-state index contributed by atoms with van der Waals surface area (Å²) in [4.78, 5) is 25.3. The fourth-order valence-corrected chi connectivity index (χ4v) is 3.29. The summed E-state index contributed by atoms with van der Waals surface area (Å²) in [5.74, 6) is 0.797. The number of aryl methyl sites for hydroxylation is 1. The Morgan fingerprint density at radius 3 is 2.85 bits per heavy atom. The molecule has 0 aromatic heterocycles. The maximum atomic E-state index is 12.3. The molecule has 0 radical (unpaired) electrons. The molecule has 2 N–H and O–H groups in total. The molecule has 0 bridgehead atoms. The van der Waals surface area contributed by atoms with Crippen LogP contribution in [0.25, 0.3) is 0 Å². The average Bonchev–Trinajstić information content (AvgIpc) is 2.38. The second-order valence-electron chi connectivity index (χ2n) is 4.85. The molecule has 0 aliphatic carbocycles. The summed E-state index contributed by atoms with van der Waals surface area (Å²) in [6.45, 7) is 4.41. The Morgan fingerprint density at radius 2 is 2.20 bits per heavy atom. The summed E-state index contributed by atoms with van der Waals surface area (Å²) in [5, 5.41) is 12.0. The number of carboxylic acid groups (broad SMARTS) is 1. The molecule has 1 aromatic rings. The highest BCUT2D eigenvalue weighted by Gasteiger charge is 2.24. The number of hydrogen-bond acceptors (Lipinski definition) is 3. The van der Waals surface area contributed by atoms with Gasteiger partial charge in [-0.2, -0.15) is 11.8 Å². The number of urea groups is 1. The number of rotatable bonds is 2. The van der Waals surface area contributed by atoms with Gasteiger partial charge in [-0.15, -0.1) is 0 Å². The Morgan fingerprint density at radius 1 is 1.45 bits per heavy atom. The number of hydrogen-bond donors (Lipinski definition) is 2. The zero-order valence-electron chi connectivity index (χ0n) is 11.5. The molecule has 1 unspecified atom stereocenters. The minimum absolute atomic E-state index is 0.153. The van der Waals surface area contributed by atoms with Crippen LogP contribution in [0.1, 0.15) is 22.8 Å². The number of carbonyl (C=O) groups excluding carboxylic acids is 1. The van der Waals surface area contributed by atoms with E-state index in [-0.39, 0.29) is 17.6 Å². The number of carboxylic acids is 1. The molecule has 1 saturated heterocycles. The highest BCUT2D eigenvalue weighted by molar-refractivity contribution is 7.99. The normalized spacial score (nSPS) is 18.7. The molecule has 0 saturated carbocycles. The van der Waals surface area contributed by atoms with E-state index in [9.17, 15) is 14.7 Å². The van der Waals surface area contributed by atoms with Crippen LogP contribution in [0, 0.1) is 6.92 Å². The molecule has 1 fully saturated rings. The number of carbonyl (C=O) groups is 2. The third-order valence-electron chi connectivity index (χ3n) is 3.36. The van der Waals surface area contributed by atoms with Crippen LogP contribution < -0.4 is 5.32 Å². The Bertz CT molecular complexity index is 533. The number of nitrogens with zero attached hydrogens (tertiary/aromatic N) is 1. The summed E-state index contributed by atoms with van der Waals surface area (Å²) in [6.07, 6.45) is 0. The van der Waals surface area contributed by atoms with E-state index in [1.165, 1.54) is 0 Å². The van der Waals surface area contributed by atoms with Gasteiger partial charge in [0, 0.05) is 24.1 Å². The van der Waals surface area contributed by atoms with Gasteiger partial charge < -0.3 is 15.3 Å². The predicted molar refractivity (Wildman–Crippen MR) is 80.7 cm³/mol. The van der Waals surface area contributed by atoms with Gasteiger partial charge in [-0.1, -0.05) is 12.1 Å². The van der Waals surface area contributed by atoms with Crippen LogP contribution in [0.5, 0.6) is 0 Å². The number of nitrogens with one attached hydrogen (secondary N) is 1. The topological polar surface area (TPSA) is 69.6 Å². The first-order valence-corrected chi connectivity index (χ1v) is 7.64. The highest BCUT2D eigenvalue weighted by Crippen LogP contribution is 2.22. The van der Waals surface area contributed by atoms with Gasteiger partial charge in [-0.25, -0.2) is 9.59 Å². The van der Waals surface area contributed by atoms with Gasteiger partial charge in [0.25, 0.3) is 0 Å². The quantitative estimate of drug-likeness (QED) is 0.880. The molecule has 1 atom stereocenters. The maximum Gasteiger partial charge on any atom is 0.338 e. The first-order valence-electron chi connectivity index (χ1n) is 6.49. The summed E-state index contributed by atoms with van der Waals surface area (Å²) in [5.41, 5.74) is 1.14. The van der Waals surface area contributed by atoms with Crippen molar-refractivity contribution >= 4 is 29.4 Å². The van der Waals surface area contributed by atoms with E-state index in [1.54, 1.807) is 30.0 Å². The number of aromatic carboxylic acids is 1. The fourth-order valence-electron chi connectivity index (χ4n) is 2.27. The lowest BCUT2D eigenvalue weighted by Gasteiger charge is -2.33. The van der Waals surface area contributed by atoms with Crippen molar-refractivity contribution in [3.8, 4) is 0 Å². The first-order chi connectivity index (χ1) is 9.50. The standard InChI is InChI=1S/C14H18N2O3S/c1-9-4-3-5-11(12(9)13(17)18)15-14(19)16-6-7-20-8-10(16)2/h3-5,10H,6-8H2,1-2H3,(H,15,19)(H,17,18). The van der Waals surface area contributed by atoms with Crippen molar-refractivity contribution in [3.05, 3.63) is 29.3 Å². The van der Waals surface area contributed by atoms with E-state index in [0.29, 0.717) is 17.8 Å². The van der Waals surface area contributed by atoms with E-state index < -0.39 is 5.97 Å². The largest absolute Gasteiger partial charge is 0.478 e. The molecule has 0 spiro atoms. The van der Waals surface area contributed by atoms with Crippen LogP contribution in [0.3, 0.4) is 0 Å². The lowest BCUT2D eigenvalue weighted by atomic mass is 10.1. The van der Waals surface area contributed by atoms with Gasteiger partial charge in [0.15, 0.2) is 0 Å². The zero-order valence-corrected chi connectivity index (χ0v) is 12.4. The predicted octanol–water partition coefficient (Wildman–Crippen LogP) is 2.66. The van der Waals surface area contributed by atoms with Crippen molar-refractivity contribution in [3.63, 3.8) is 0 Å². The molecule has 1 aliphatic rings. The minimum Gasteiger partial charge on any atom is -0.478 e. The van der Waals surface area contributed by atoms with Crippen LogP contribution in [0.2, 0.25) is 0 Å². The van der Waals surface area contributed by atoms with E-state index >= 15 is 0 Å². The number of anilines is 1. The molecule has 5 nitrogen and oxygen atoms in total. The third-order valence-corrected chi connectivity index (χ3v) is 4.55. The van der Waals surface area contributed by atoms with Gasteiger partial charge in [-0.3, -0.25) is 0 Å². The van der Waals surface area contributed by atoms with Crippen molar-refractivity contribution in [1.29, 1.82) is 0 Å². The molecule has 1 aliphatic heterocycles. The first kappa shape index (κ1) is 14.7. The van der Waals surface area contributed by atoms with E-state index in [1.807, 2.05) is 18.7 Å². The lowest BCUT2D eigenvalue weighted by molar-refractivity contribution is 0.0697. The van der Waals surface area contributed by atoms with Crippen molar-refractivity contribution in [1.82, 2.24) is 4.90 Å². The SMILES string of the molecule is Cc1cccc(NC(=O)N2CCSCC2C)c1C(=O)O. The Hall–Kier alpha value is -1.69. The molecule has 2 rings (SSSR count). The van der Waals surface area contributed by atoms with Gasteiger partial charge in [-0.05, 0) is 25.5 Å². The van der Waals surface area contributed by atoms with Crippen LogP contribution in [0.15, 0.2) is 18.2 Å². The van der Waals surface area contributed by atoms with E-state index in [4.69, 9.17) is 0 Å². The highest BCUT2D eigenvalue weighted by atomic mass is 32.2. The van der Waals surface area contributed by atoms with Crippen LogP contribution in [-0.4, -0.2) is 46.1 Å². The van der Waals surface area contributed by atoms with Gasteiger partial charge >= 0.3 is 12.0 Å². The monoisotopic (exact) mass is 294 g/mol. The molecule has 20 heavy (non-hydrogen) atoms. The fraction of sp³-hybridized carbons (Fsp3) is 0.429. The van der Waals surface area contributed by atoms with Crippen molar-refractivity contribution in [2.45, 2.75) is 19.9 Å². The van der Waals surface area contributed by atoms with Gasteiger partial charge in [0.1, 0.15) is 0 Å². The number of benzene rings is 1. The zero-order chi connectivity index (χ0) is 14.7. The molecule has 6 heteroatoms. The second kappa shape index (κ2) is 6.17. The number of amides is 2. The summed E-state index contributed by atoms with van der Waals surface area (Å²) in [7, 11) is 0. The summed E-state index contributed by atoms with van der Waals surface area (Å²) in [6, 6.07) is 5.02. The molecule has 108 valence electrons. The van der Waals surface area contributed by atoms with E-state index in [2.05, 4.69) is 5.32 Å². The second-order valence-corrected chi connectivity index (χ2v) is 6.00. The van der Waals surface area contributed by atoms with Gasteiger partial charge in [0.05, 0.1) is 11.3 Å². The van der Waals surface area contributed by atoms with Gasteiger partial charge in [0.2, 0.25) is 0 Å². The Kier molecular flexibility index (Phi) is 4.54. The smallest absolute Gasteiger partial charge is 0.338 e. The average molecular weight is 294 g/mol. The minimum atomic E-state index is -1.03. The summed E-state index contributed by atoms with van der Waals surface area (Å²) < 4.78 is 0. The molecule has 1 heterocycles. The van der Waals surface area contributed by atoms with Crippen molar-refractivity contribution in [2.24, 2.45) is 0 Å². The van der Waals surface area contributed by atoms with Crippen LogP contribution >= 0.6 is 11.8 Å². The molecule has 1 aromatic carbocycles.